The van der Waals surface area contributed by atoms with Crippen LogP contribution < -0.4 is 10.0 Å². The van der Waals surface area contributed by atoms with Gasteiger partial charge in [-0.1, -0.05) is 0 Å². The van der Waals surface area contributed by atoms with E-state index >= 15 is 0 Å². The minimum Gasteiger partial charge on any atom is -0.322 e. The highest BCUT2D eigenvalue weighted by molar-refractivity contribution is 7.92. The van der Waals surface area contributed by atoms with Crippen molar-refractivity contribution in [2.45, 2.75) is 0 Å². The van der Waals surface area contributed by atoms with E-state index in [4.69, 9.17) is 0 Å². The maximum absolute atomic E-state index is 13.7. The molecule has 2 N–H and O–H groups in total. The van der Waals surface area contributed by atoms with Gasteiger partial charge in [0.25, 0.3) is 5.91 Å². The summed E-state index contributed by atoms with van der Waals surface area (Å²) < 4.78 is 40.2. The fourth-order valence-corrected chi connectivity index (χ4v) is 3.58. The van der Waals surface area contributed by atoms with Gasteiger partial charge >= 0.3 is 0 Å². The molecule has 0 bridgehead atoms. The molecule has 1 aromatic carbocycles. The number of anilines is 2. The quantitative estimate of drug-likeness (QED) is 0.714. The van der Waals surface area contributed by atoms with Crippen LogP contribution in [0.4, 0.5) is 15.8 Å². The largest absolute Gasteiger partial charge is 0.322 e. The average Bonchev–Trinajstić information content (AvgIpc) is 3.18. The van der Waals surface area contributed by atoms with E-state index in [9.17, 15) is 17.6 Å². The molecule has 25 heavy (non-hydrogen) atoms. The highest BCUT2D eigenvalue weighted by Crippen LogP contribution is 2.25. The topological polar surface area (TPSA) is 80.2 Å². The van der Waals surface area contributed by atoms with E-state index in [1.165, 1.54) is 23.5 Å². The molecule has 9 heteroatoms. The smallest absolute Gasteiger partial charge is 0.267 e. The number of thiophene rings is 1. The predicted octanol–water partition coefficient (Wildman–Crippen LogP) is 3.30. The number of rotatable bonds is 5. The van der Waals surface area contributed by atoms with Gasteiger partial charge in [0.05, 0.1) is 17.6 Å². The van der Waals surface area contributed by atoms with Gasteiger partial charge in [-0.3, -0.25) is 9.52 Å². The normalized spacial score (nSPS) is 11.3. The van der Waals surface area contributed by atoms with Gasteiger partial charge in [-0.25, -0.2) is 12.8 Å². The van der Waals surface area contributed by atoms with Crippen molar-refractivity contribution in [2.75, 3.05) is 16.3 Å². The van der Waals surface area contributed by atoms with Crippen molar-refractivity contribution in [2.24, 2.45) is 0 Å². The number of amides is 1. The Morgan fingerprint density at radius 3 is 2.60 bits per heavy atom. The van der Waals surface area contributed by atoms with Crippen molar-refractivity contribution < 1.29 is 17.6 Å². The lowest BCUT2D eigenvalue weighted by molar-refractivity contribution is 0.103. The molecule has 0 spiro atoms. The maximum atomic E-state index is 13.7. The number of nitrogens with zero attached hydrogens (tertiary/aromatic N) is 1. The molecule has 0 saturated carbocycles. The number of benzene rings is 1. The Balaban J connectivity index is 1.85. The molecule has 1 amide bonds. The van der Waals surface area contributed by atoms with Gasteiger partial charge in [-0.05, 0) is 41.8 Å². The molecule has 0 atom stereocenters. The van der Waals surface area contributed by atoms with Crippen LogP contribution >= 0.6 is 11.3 Å². The van der Waals surface area contributed by atoms with Crippen LogP contribution in [0.2, 0.25) is 0 Å². The lowest BCUT2D eigenvalue weighted by Crippen LogP contribution is -2.14. The van der Waals surface area contributed by atoms with Crippen LogP contribution in [-0.2, 0) is 10.0 Å². The third kappa shape index (κ3) is 4.06. The monoisotopic (exact) mass is 379 g/mol. The van der Waals surface area contributed by atoms with Crippen LogP contribution in [0.15, 0.2) is 54.2 Å². The van der Waals surface area contributed by atoms with Gasteiger partial charge in [0.1, 0.15) is 10.7 Å². The Kier molecular flexibility index (Phi) is 4.60. The van der Waals surface area contributed by atoms with E-state index in [2.05, 4.69) is 10.0 Å². The highest BCUT2D eigenvalue weighted by atomic mass is 32.2. The lowest BCUT2D eigenvalue weighted by atomic mass is 10.2. The number of halogens is 1. The first-order chi connectivity index (χ1) is 11.8. The summed E-state index contributed by atoms with van der Waals surface area (Å²) in [6.07, 6.45) is 4.57. The summed E-state index contributed by atoms with van der Waals surface area (Å²) in [7, 11) is -3.63. The molecule has 0 fully saturated rings. The molecule has 2 heterocycles. The van der Waals surface area contributed by atoms with Crippen molar-refractivity contribution in [3.63, 3.8) is 0 Å². The van der Waals surface area contributed by atoms with Crippen molar-refractivity contribution in [3.8, 4) is 5.69 Å². The Labute approximate surface area is 148 Å². The van der Waals surface area contributed by atoms with Crippen molar-refractivity contribution in [1.29, 1.82) is 0 Å². The molecule has 3 rings (SSSR count). The molecule has 6 nitrogen and oxygen atoms in total. The summed E-state index contributed by atoms with van der Waals surface area (Å²) in [5.41, 5.74) is 0.783. The summed E-state index contributed by atoms with van der Waals surface area (Å²) in [5.74, 6) is -1.09. The second-order valence-corrected chi connectivity index (χ2v) is 7.91. The third-order valence-electron chi connectivity index (χ3n) is 3.25. The average molecular weight is 379 g/mol. The molecular weight excluding hydrogens is 365 g/mol. The minimum absolute atomic E-state index is 0.225. The van der Waals surface area contributed by atoms with E-state index in [0.717, 1.165) is 18.0 Å². The molecule has 3 aromatic rings. The number of carbonyl (C=O) groups is 1. The zero-order valence-corrected chi connectivity index (χ0v) is 14.7. The summed E-state index contributed by atoms with van der Waals surface area (Å²) in [6.45, 7) is 0. The molecule has 0 unspecified atom stereocenters. The molecule has 0 radical (unpaired) electrons. The molecule has 0 aliphatic rings. The predicted molar refractivity (Wildman–Crippen MR) is 96.5 cm³/mol. The van der Waals surface area contributed by atoms with Gasteiger partial charge in [-0.15, -0.1) is 11.3 Å². The zero-order chi connectivity index (χ0) is 18.0. The first-order valence-corrected chi connectivity index (χ1v) is 9.90. The minimum atomic E-state index is -3.63. The van der Waals surface area contributed by atoms with Crippen molar-refractivity contribution in [3.05, 3.63) is 64.9 Å². The number of hydrogen-bond acceptors (Lipinski definition) is 4. The first kappa shape index (κ1) is 17.2. The molecule has 0 aliphatic heterocycles. The van der Waals surface area contributed by atoms with Crippen LogP contribution in [0.5, 0.6) is 0 Å². The number of nitrogens with one attached hydrogen (secondary N) is 2. The second kappa shape index (κ2) is 6.69. The summed E-state index contributed by atoms with van der Waals surface area (Å²) in [5, 5.41) is 4.45. The van der Waals surface area contributed by atoms with Gasteiger partial charge in [0.15, 0.2) is 0 Å². The fraction of sp³-hybridized carbons (Fsp3) is 0.0625. The number of hydrogen-bond donors (Lipinski definition) is 2. The summed E-state index contributed by atoms with van der Waals surface area (Å²) in [6, 6.07) is 9.21. The van der Waals surface area contributed by atoms with Crippen LogP contribution in [0.3, 0.4) is 0 Å². The third-order valence-corrected chi connectivity index (χ3v) is 4.75. The highest BCUT2D eigenvalue weighted by Gasteiger charge is 2.16. The molecule has 2 aromatic heterocycles. The molecule has 0 aliphatic carbocycles. The number of carbonyl (C=O) groups excluding carboxylic acids is 1. The Morgan fingerprint density at radius 1 is 1.20 bits per heavy atom. The maximum Gasteiger partial charge on any atom is 0.267 e. The van der Waals surface area contributed by atoms with E-state index in [1.54, 1.807) is 5.38 Å². The van der Waals surface area contributed by atoms with Gasteiger partial charge < -0.3 is 9.88 Å². The molecule has 0 saturated heterocycles. The van der Waals surface area contributed by atoms with Crippen molar-refractivity contribution >= 4 is 38.6 Å². The van der Waals surface area contributed by atoms with E-state index in [0.29, 0.717) is 4.88 Å². The van der Waals surface area contributed by atoms with Crippen LogP contribution in [0, 0.1) is 5.82 Å². The molecular formula is C16H14FN3O3S2. The van der Waals surface area contributed by atoms with Gasteiger partial charge in [0.2, 0.25) is 10.0 Å². The summed E-state index contributed by atoms with van der Waals surface area (Å²) in [4.78, 5) is 13.0. The Morgan fingerprint density at radius 2 is 1.92 bits per heavy atom. The fourth-order valence-electron chi connectivity index (χ4n) is 2.24. The second-order valence-electron chi connectivity index (χ2n) is 5.25. The van der Waals surface area contributed by atoms with E-state index in [1.807, 2.05) is 35.2 Å². The van der Waals surface area contributed by atoms with Gasteiger partial charge in [-0.2, -0.15) is 0 Å². The van der Waals surface area contributed by atoms with Gasteiger partial charge in [0, 0.05) is 18.1 Å². The van der Waals surface area contributed by atoms with Crippen LogP contribution in [0.25, 0.3) is 5.69 Å². The number of aromatic nitrogens is 1. The Bertz CT molecular complexity index is 1010. The van der Waals surface area contributed by atoms with Crippen LogP contribution in [0.1, 0.15) is 9.67 Å². The van der Waals surface area contributed by atoms with E-state index in [-0.39, 0.29) is 17.3 Å². The lowest BCUT2D eigenvalue weighted by Gasteiger charge is -2.10. The Hall–Kier alpha value is -2.65. The van der Waals surface area contributed by atoms with Crippen LogP contribution in [-0.4, -0.2) is 25.1 Å². The SMILES string of the molecule is CS(=O)(=O)Nc1cc(NC(=O)c2sccc2-n2cccc2)ccc1F. The standard InChI is InChI=1S/C16H14FN3O3S2/c1-25(22,23)19-13-10-11(4-5-12(13)17)18-16(21)15-14(6-9-24-15)20-7-2-3-8-20/h2-10,19H,1H3,(H,18,21). The molecule has 130 valence electrons. The number of sulfonamides is 1. The first-order valence-electron chi connectivity index (χ1n) is 7.13. The van der Waals surface area contributed by atoms with Crippen molar-refractivity contribution in [1.82, 2.24) is 4.57 Å². The summed E-state index contributed by atoms with van der Waals surface area (Å²) >= 11 is 1.27. The zero-order valence-electron chi connectivity index (χ0n) is 13.1. The van der Waals surface area contributed by atoms with E-state index < -0.39 is 15.8 Å².